The van der Waals surface area contributed by atoms with Crippen molar-refractivity contribution in [2.75, 3.05) is 0 Å². The molecule has 0 spiro atoms. The maximum absolute atomic E-state index is 5.22. The molecule has 0 saturated carbocycles. The van der Waals surface area contributed by atoms with Crippen molar-refractivity contribution in [3.05, 3.63) is 152 Å². The van der Waals surface area contributed by atoms with E-state index in [1.54, 1.807) is 6.33 Å². The summed E-state index contributed by atoms with van der Waals surface area (Å²) in [7, 11) is 0. The van der Waals surface area contributed by atoms with Gasteiger partial charge in [-0.2, -0.15) is 9.97 Å². The van der Waals surface area contributed by atoms with Crippen LogP contribution in [0.4, 0.5) is 0 Å². The fraction of sp³-hybridized carbons (Fsp3) is 0. The molecule has 0 aliphatic carbocycles. The quantitative estimate of drug-likeness (QED) is 0.197. The normalized spacial score (nSPS) is 11.8. The lowest BCUT2D eigenvalue weighted by atomic mass is 10.1. The molecule has 0 radical (unpaired) electrons. The zero-order chi connectivity index (χ0) is 31.6. The van der Waals surface area contributed by atoms with E-state index < -0.39 is 0 Å². The van der Waals surface area contributed by atoms with Gasteiger partial charge >= 0.3 is 0 Å². The number of hydrogen-bond donors (Lipinski definition) is 0. The van der Waals surface area contributed by atoms with E-state index in [4.69, 9.17) is 15.0 Å². The summed E-state index contributed by atoms with van der Waals surface area (Å²) in [5.41, 5.74) is 7.96. The van der Waals surface area contributed by atoms with Crippen molar-refractivity contribution < 1.29 is 0 Å². The summed E-state index contributed by atoms with van der Waals surface area (Å²) in [5, 5.41) is 5.42. The first-order valence-electron chi connectivity index (χ1n) is 15.9. The van der Waals surface area contributed by atoms with Crippen LogP contribution >= 0.6 is 0 Å². The first-order valence-corrected chi connectivity index (χ1v) is 15.9. The van der Waals surface area contributed by atoms with Crippen LogP contribution in [0.1, 0.15) is 0 Å². The number of benzene rings is 6. The Balaban J connectivity index is 1.44. The van der Waals surface area contributed by atoms with E-state index in [0.29, 0.717) is 17.6 Å². The van der Waals surface area contributed by atoms with Crippen LogP contribution in [-0.4, -0.2) is 34.1 Å². The van der Waals surface area contributed by atoms with E-state index in [-0.39, 0.29) is 0 Å². The maximum Gasteiger partial charge on any atom is 0.238 e. The highest BCUT2D eigenvalue weighted by atomic mass is 15.2. The van der Waals surface area contributed by atoms with Gasteiger partial charge in [-0.25, -0.2) is 15.0 Å². The van der Waals surface area contributed by atoms with Crippen LogP contribution < -0.4 is 0 Å². The van der Waals surface area contributed by atoms with E-state index in [2.05, 4.69) is 98.0 Å². The van der Waals surface area contributed by atoms with Gasteiger partial charge < -0.3 is 4.57 Å². The van der Waals surface area contributed by atoms with Crippen LogP contribution in [0.15, 0.2) is 152 Å². The molecule has 0 atom stereocenters. The van der Waals surface area contributed by atoms with Crippen molar-refractivity contribution in [3.8, 4) is 34.4 Å². The second kappa shape index (κ2) is 10.4. The zero-order valence-electron chi connectivity index (χ0n) is 25.6. The monoisotopic (exact) mass is 615 g/mol. The summed E-state index contributed by atoms with van der Waals surface area (Å²) < 4.78 is 4.57. The molecule has 0 unspecified atom stereocenters. The molecule has 6 aromatic carbocycles. The van der Waals surface area contributed by atoms with Crippen LogP contribution in [0.3, 0.4) is 0 Å². The van der Waals surface area contributed by atoms with Gasteiger partial charge in [0, 0.05) is 49.9 Å². The highest BCUT2D eigenvalue weighted by Crippen LogP contribution is 2.43. The predicted molar refractivity (Wildman–Crippen MR) is 192 cm³/mol. The standard InChI is InChI=1S/C41H25N7/c1-4-12-26(13-5-1)39-44-40(27-14-6-2-7-15-27)46-41(45-39)48-35-23-22-33-32(24-42-25-43-33)36(35)31-21-20-30-29-18-10-11-19-34(29)47(37(30)38(31)48)28-16-8-3-9-17-28/h1-25H. The first-order chi connectivity index (χ1) is 23.8. The Labute approximate surface area is 274 Å². The third kappa shape index (κ3) is 3.91. The van der Waals surface area contributed by atoms with Crippen LogP contribution in [-0.2, 0) is 0 Å². The molecule has 0 N–H and O–H groups in total. The molecule has 10 aromatic rings. The molecular weight excluding hydrogens is 591 g/mol. The average molecular weight is 616 g/mol. The molecule has 0 aliphatic heterocycles. The maximum atomic E-state index is 5.22. The van der Waals surface area contributed by atoms with Gasteiger partial charge in [-0.15, -0.1) is 0 Å². The number of nitrogens with zero attached hydrogens (tertiary/aromatic N) is 7. The topological polar surface area (TPSA) is 74.3 Å². The summed E-state index contributed by atoms with van der Waals surface area (Å²) >= 11 is 0. The summed E-state index contributed by atoms with van der Waals surface area (Å²) in [6.07, 6.45) is 3.51. The Morgan fingerprint density at radius 3 is 1.79 bits per heavy atom. The third-order valence-electron chi connectivity index (χ3n) is 9.11. The molecule has 0 saturated heterocycles. The van der Waals surface area contributed by atoms with Crippen LogP contribution in [0.5, 0.6) is 0 Å². The Kier molecular flexibility index (Phi) is 5.74. The highest BCUT2D eigenvalue weighted by molar-refractivity contribution is 6.28. The molecular formula is C41H25N7. The molecule has 7 heteroatoms. The van der Waals surface area contributed by atoms with Crippen molar-refractivity contribution in [2.45, 2.75) is 0 Å². The molecule has 224 valence electrons. The minimum absolute atomic E-state index is 0.538. The minimum Gasteiger partial charge on any atom is -0.307 e. The summed E-state index contributed by atoms with van der Waals surface area (Å²) in [6.45, 7) is 0. The third-order valence-corrected chi connectivity index (χ3v) is 9.11. The second-order valence-electron chi connectivity index (χ2n) is 11.8. The summed E-state index contributed by atoms with van der Waals surface area (Å²) in [5.74, 6) is 1.75. The molecule has 0 fully saturated rings. The summed E-state index contributed by atoms with van der Waals surface area (Å²) in [6, 6.07) is 48.0. The number of rotatable bonds is 4. The Morgan fingerprint density at radius 2 is 1.06 bits per heavy atom. The van der Waals surface area contributed by atoms with Crippen molar-refractivity contribution in [2.24, 2.45) is 0 Å². The lowest BCUT2D eigenvalue weighted by Gasteiger charge is -2.13. The van der Waals surface area contributed by atoms with Gasteiger partial charge in [0.2, 0.25) is 5.95 Å². The summed E-state index contributed by atoms with van der Waals surface area (Å²) in [4.78, 5) is 24.5. The largest absolute Gasteiger partial charge is 0.307 e. The van der Waals surface area contributed by atoms with Gasteiger partial charge in [0.05, 0.1) is 27.6 Å². The van der Waals surface area contributed by atoms with Gasteiger partial charge in [-0.05, 0) is 30.3 Å². The van der Waals surface area contributed by atoms with Gasteiger partial charge in [-0.1, -0.05) is 109 Å². The van der Waals surface area contributed by atoms with E-state index in [1.807, 2.05) is 66.9 Å². The molecule has 0 amide bonds. The van der Waals surface area contributed by atoms with E-state index in [9.17, 15) is 0 Å². The number of fused-ring (bicyclic) bond motifs is 9. The van der Waals surface area contributed by atoms with E-state index in [0.717, 1.165) is 65.9 Å². The fourth-order valence-electron chi connectivity index (χ4n) is 7.05. The second-order valence-corrected chi connectivity index (χ2v) is 11.8. The average Bonchev–Trinajstić information content (AvgIpc) is 3.69. The van der Waals surface area contributed by atoms with Gasteiger partial charge in [0.25, 0.3) is 0 Å². The molecule has 4 aromatic heterocycles. The van der Waals surface area contributed by atoms with E-state index in [1.165, 1.54) is 5.39 Å². The Hall–Kier alpha value is -6.73. The smallest absolute Gasteiger partial charge is 0.238 e. The number of para-hydroxylation sites is 2. The van der Waals surface area contributed by atoms with Crippen LogP contribution in [0, 0.1) is 0 Å². The molecule has 7 nitrogen and oxygen atoms in total. The van der Waals surface area contributed by atoms with Crippen molar-refractivity contribution in [1.82, 2.24) is 34.1 Å². The SMILES string of the molecule is c1ccc(-c2nc(-c3ccccc3)nc(-n3c4ccc5ncncc5c4c4ccc5c6ccccc6n(-c6ccccc6)c5c43)n2)cc1. The zero-order valence-corrected chi connectivity index (χ0v) is 25.6. The predicted octanol–water partition coefficient (Wildman–Crippen LogP) is 9.34. The molecule has 10 rings (SSSR count). The van der Waals surface area contributed by atoms with Crippen molar-refractivity contribution in [3.63, 3.8) is 0 Å². The Morgan fingerprint density at radius 1 is 0.438 bits per heavy atom. The van der Waals surface area contributed by atoms with Gasteiger partial charge in [-0.3, -0.25) is 4.57 Å². The lowest BCUT2D eigenvalue weighted by Crippen LogP contribution is -2.07. The highest BCUT2D eigenvalue weighted by Gasteiger charge is 2.24. The molecule has 0 aliphatic rings. The minimum atomic E-state index is 0.538. The Bertz CT molecular complexity index is 2760. The number of hydrogen-bond acceptors (Lipinski definition) is 5. The molecule has 48 heavy (non-hydrogen) atoms. The van der Waals surface area contributed by atoms with Gasteiger partial charge in [0.15, 0.2) is 11.6 Å². The fourth-order valence-corrected chi connectivity index (χ4v) is 7.05. The van der Waals surface area contributed by atoms with Crippen molar-refractivity contribution in [1.29, 1.82) is 0 Å². The number of aromatic nitrogens is 7. The lowest BCUT2D eigenvalue weighted by molar-refractivity contribution is 0.953. The van der Waals surface area contributed by atoms with E-state index >= 15 is 0 Å². The van der Waals surface area contributed by atoms with Crippen LogP contribution in [0.2, 0.25) is 0 Å². The first kappa shape index (κ1) is 26.5. The van der Waals surface area contributed by atoms with Crippen LogP contribution in [0.25, 0.3) is 88.9 Å². The van der Waals surface area contributed by atoms with Crippen molar-refractivity contribution >= 4 is 54.5 Å². The molecule has 4 heterocycles. The molecule has 0 bridgehead atoms. The van der Waals surface area contributed by atoms with Gasteiger partial charge in [0.1, 0.15) is 6.33 Å².